The van der Waals surface area contributed by atoms with E-state index in [-0.39, 0.29) is 48.2 Å². The molecule has 1 aliphatic heterocycles. The number of ketones is 2. The first kappa shape index (κ1) is 34.8. The van der Waals surface area contributed by atoms with Crippen molar-refractivity contribution in [2.45, 2.75) is 67.2 Å². The number of nitrogens with one attached hydrogen (secondary N) is 1. The largest absolute Gasteiger partial charge is 0.345 e. The normalized spacial score (nSPS) is 19.0. The van der Waals surface area contributed by atoms with Crippen LogP contribution in [0.2, 0.25) is 10.0 Å². The third kappa shape index (κ3) is 6.89. The maximum atomic E-state index is 14.3. The van der Waals surface area contributed by atoms with Gasteiger partial charge in [-0.25, -0.2) is 8.42 Å². The quantitative estimate of drug-likeness (QED) is 0.167. The summed E-state index contributed by atoms with van der Waals surface area (Å²) in [5.41, 5.74) is 0.701. The molecule has 0 bridgehead atoms. The molecule has 0 unspecified atom stereocenters. The van der Waals surface area contributed by atoms with Crippen LogP contribution in [-0.4, -0.2) is 54.5 Å². The number of sulfone groups is 1. The van der Waals surface area contributed by atoms with E-state index in [0.717, 1.165) is 21.9 Å². The van der Waals surface area contributed by atoms with Crippen molar-refractivity contribution in [1.29, 1.82) is 0 Å². The summed E-state index contributed by atoms with van der Waals surface area (Å²) in [7, 11) is -4.04. The van der Waals surface area contributed by atoms with Gasteiger partial charge in [-0.05, 0) is 71.8 Å². The van der Waals surface area contributed by atoms with Crippen molar-refractivity contribution in [2.24, 2.45) is 5.92 Å². The third-order valence-corrected chi connectivity index (χ3v) is 12.8. The molecule has 0 radical (unpaired) electrons. The van der Waals surface area contributed by atoms with Gasteiger partial charge in [0, 0.05) is 30.5 Å². The second kappa shape index (κ2) is 14.1. The minimum atomic E-state index is -4.04. The summed E-state index contributed by atoms with van der Waals surface area (Å²) >= 11 is 12.4. The fourth-order valence-corrected chi connectivity index (χ4v) is 9.24. The van der Waals surface area contributed by atoms with Gasteiger partial charge in [0.1, 0.15) is 0 Å². The monoisotopic (exact) mass is 718 g/mol. The van der Waals surface area contributed by atoms with Gasteiger partial charge in [-0.15, -0.1) is 0 Å². The van der Waals surface area contributed by atoms with Crippen LogP contribution in [0.25, 0.3) is 10.8 Å². The Bertz CT molecular complexity index is 2040. The average molecular weight is 720 g/mol. The Morgan fingerprint density at radius 2 is 1.57 bits per heavy atom. The zero-order valence-electron chi connectivity index (χ0n) is 26.9. The molecule has 4 aromatic carbocycles. The molecule has 0 aromatic heterocycles. The first-order valence-electron chi connectivity index (χ1n) is 16.3. The van der Waals surface area contributed by atoms with E-state index in [9.17, 15) is 27.6 Å². The summed E-state index contributed by atoms with van der Waals surface area (Å²) in [6.07, 6.45) is 0.841. The van der Waals surface area contributed by atoms with E-state index >= 15 is 0 Å². The van der Waals surface area contributed by atoms with Crippen molar-refractivity contribution < 1.29 is 27.6 Å². The van der Waals surface area contributed by atoms with Crippen LogP contribution in [0.1, 0.15) is 50.2 Å². The lowest BCUT2D eigenvalue weighted by Gasteiger charge is -2.29. The number of carbonyl (C=O) groups is 4. The van der Waals surface area contributed by atoms with Gasteiger partial charge < -0.3 is 10.2 Å². The van der Waals surface area contributed by atoms with Crippen LogP contribution >= 0.6 is 23.2 Å². The Morgan fingerprint density at radius 1 is 0.898 bits per heavy atom. The van der Waals surface area contributed by atoms with Crippen molar-refractivity contribution in [2.75, 3.05) is 6.54 Å². The zero-order chi connectivity index (χ0) is 34.9. The highest BCUT2D eigenvalue weighted by Gasteiger charge is 2.57. The Kier molecular flexibility index (Phi) is 9.98. The molecule has 1 saturated carbocycles. The predicted molar refractivity (Wildman–Crippen MR) is 189 cm³/mol. The van der Waals surface area contributed by atoms with Gasteiger partial charge in [0.2, 0.25) is 11.7 Å². The molecule has 0 spiro atoms. The maximum absolute atomic E-state index is 14.3. The topological polar surface area (TPSA) is 118 Å². The fraction of sp³-hybridized carbons (Fsp3) is 0.316. The first-order chi connectivity index (χ1) is 23.5. The summed E-state index contributed by atoms with van der Waals surface area (Å²) in [5.74, 6) is -3.27. The molecule has 2 aliphatic rings. The van der Waals surface area contributed by atoms with Crippen molar-refractivity contribution in [3.05, 3.63) is 112 Å². The van der Waals surface area contributed by atoms with Crippen LogP contribution < -0.4 is 5.32 Å². The van der Waals surface area contributed by atoms with Gasteiger partial charge in [0.15, 0.2) is 15.6 Å². The molecule has 1 aliphatic carbocycles. The Morgan fingerprint density at radius 3 is 2.27 bits per heavy atom. The van der Waals surface area contributed by atoms with Gasteiger partial charge in [-0.2, -0.15) is 0 Å². The van der Waals surface area contributed by atoms with Crippen LogP contribution in [0.5, 0.6) is 0 Å². The highest BCUT2D eigenvalue weighted by molar-refractivity contribution is 7.92. The van der Waals surface area contributed by atoms with Crippen LogP contribution in [0.4, 0.5) is 0 Å². The summed E-state index contributed by atoms with van der Waals surface area (Å²) in [5, 5.41) is 4.16. The molecule has 1 heterocycles. The molecular formula is C38H36Cl2N2O6S. The van der Waals surface area contributed by atoms with Crippen LogP contribution in [0, 0.1) is 5.92 Å². The first-order valence-corrected chi connectivity index (χ1v) is 18.6. The number of hydrogen-bond acceptors (Lipinski definition) is 6. The molecule has 8 nitrogen and oxygen atoms in total. The van der Waals surface area contributed by atoms with Crippen LogP contribution in [-0.2, 0) is 41.0 Å². The average Bonchev–Trinajstić information content (AvgIpc) is 3.79. The fourth-order valence-electron chi connectivity index (χ4n) is 6.90. The lowest BCUT2D eigenvalue weighted by atomic mass is 9.90. The molecule has 1 N–H and O–H groups in total. The highest BCUT2D eigenvalue weighted by atomic mass is 35.5. The van der Waals surface area contributed by atoms with Gasteiger partial charge >= 0.3 is 0 Å². The van der Waals surface area contributed by atoms with Gasteiger partial charge in [-0.3, -0.25) is 19.2 Å². The second-order valence-electron chi connectivity index (χ2n) is 12.9. The van der Waals surface area contributed by atoms with E-state index in [2.05, 4.69) is 5.32 Å². The number of Topliss-reactive ketones (excluding diaryl/α,β-unsaturated/α-hetero) is 2. The van der Waals surface area contributed by atoms with E-state index in [4.69, 9.17) is 23.2 Å². The van der Waals surface area contributed by atoms with E-state index < -0.39 is 49.9 Å². The molecule has 4 aromatic rings. The van der Waals surface area contributed by atoms with Crippen molar-refractivity contribution in [1.82, 2.24) is 10.2 Å². The molecule has 2 fully saturated rings. The van der Waals surface area contributed by atoms with Crippen molar-refractivity contribution in [3.8, 4) is 0 Å². The maximum Gasteiger partial charge on any atom is 0.287 e. The number of benzene rings is 4. The molecular weight excluding hydrogens is 683 g/mol. The number of hydrogen-bond donors (Lipinski definition) is 1. The Hall–Kier alpha value is -4.05. The molecule has 1 saturated heterocycles. The number of likely N-dealkylation sites (tertiary alicyclic amines) is 1. The lowest BCUT2D eigenvalue weighted by molar-refractivity contribution is -0.143. The minimum Gasteiger partial charge on any atom is -0.345 e. The number of amides is 2. The van der Waals surface area contributed by atoms with Crippen LogP contribution in [0.3, 0.4) is 0 Å². The number of carbonyl (C=O) groups excluding carboxylic acids is 4. The number of nitrogens with zero attached hydrogens (tertiary/aromatic N) is 1. The zero-order valence-corrected chi connectivity index (χ0v) is 29.2. The third-order valence-electron chi connectivity index (χ3n) is 9.89. The van der Waals surface area contributed by atoms with Crippen LogP contribution in [0.15, 0.2) is 95.9 Å². The number of halogens is 2. The minimum absolute atomic E-state index is 0.0566. The van der Waals surface area contributed by atoms with Crippen molar-refractivity contribution >= 4 is 67.2 Å². The van der Waals surface area contributed by atoms with E-state index in [0.29, 0.717) is 17.9 Å². The molecule has 49 heavy (non-hydrogen) atoms. The van der Waals surface area contributed by atoms with Gasteiger partial charge in [-0.1, -0.05) is 96.9 Å². The van der Waals surface area contributed by atoms with E-state index in [1.165, 1.54) is 17.0 Å². The standard InChI is InChI=1S/C38H36Cl2N2O6S/c1-2-24(35(44)36(45)41-22-26-10-7-9-25-8-3-4-11-30(25)26)20-33(43)32-21-29(49(47,48)34-13-6-5-12-31(34)40)23-42(32)37(46)38(18-19-38)27-14-16-28(39)17-15-27/h3-17,24,29,32H,2,18-23H2,1H3,(H,41,45)/t24-,29-,32+/m1/s1. The number of fused-ring (bicyclic) bond motifs is 1. The number of rotatable bonds is 12. The summed E-state index contributed by atoms with van der Waals surface area (Å²) < 4.78 is 27.7. The Labute approximate surface area is 295 Å². The molecule has 254 valence electrons. The molecule has 11 heteroatoms. The summed E-state index contributed by atoms with van der Waals surface area (Å²) in [4.78, 5) is 56.2. The molecule has 2 amide bonds. The Balaban J connectivity index is 1.22. The lowest BCUT2D eigenvalue weighted by Crippen LogP contribution is -2.46. The highest BCUT2D eigenvalue weighted by Crippen LogP contribution is 2.51. The summed E-state index contributed by atoms with van der Waals surface area (Å²) in [6, 6.07) is 25.4. The van der Waals surface area contributed by atoms with Crippen molar-refractivity contribution in [3.63, 3.8) is 0 Å². The van der Waals surface area contributed by atoms with Gasteiger partial charge in [0.05, 0.1) is 26.6 Å². The van der Waals surface area contributed by atoms with E-state index in [1.54, 1.807) is 43.3 Å². The molecule has 6 rings (SSSR count). The molecule has 3 atom stereocenters. The van der Waals surface area contributed by atoms with Gasteiger partial charge in [0.25, 0.3) is 5.91 Å². The predicted octanol–water partition coefficient (Wildman–Crippen LogP) is 6.49. The second-order valence-corrected chi connectivity index (χ2v) is 15.9. The summed E-state index contributed by atoms with van der Waals surface area (Å²) in [6.45, 7) is 1.65. The SMILES string of the molecule is CC[C@H](CC(=O)[C@@H]1C[C@@H](S(=O)(=O)c2ccccc2Cl)CN1C(=O)C1(c2ccc(Cl)cc2)CC1)C(=O)C(=O)NCc1cccc2ccccc12. The smallest absolute Gasteiger partial charge is 0.287 e. The van der Waals surface area contributed by atoms with E-state index in [1.807, 2.05) is 42.5 Å².